The van der Waals surface area contributed by atoms with E-state index < -0.39 is 0 Å². The molecule has 1 aromatic heterocycles. The van der Waals surface area contributed by atoms with Gasteiger partial charge in [-0.2, -0.15) is 0 Å². The predicted molar refractivity (Wildman–Crippen MR) is 82.4 cm³/mol. The lowest BCUT2D eigenvalue weighted by Gasteiger charge is -2.56. The molecule has 1 saturated heterocycles. The highest BCUT2D eigenvalue weighted by Crippen LogP contribution is 2.59. The van der Waals surface area contributed by atoms with Gasteiger partial charge in [0.2, 0.25) is 0 Å². The van der Waals surface area contributed by atoms with Crippen LogP contribution in [0, 0.1) is 11.3 Å². The summed E-state index contributed by atoms with van der Waals surface area (Å²) in [4.78, 5) is 4.32. The molecule has 1 aliphatic carbocycles. The number of aliphatic hydroxyl groups excluding tert-OH is 1. The van der Waals surface area contributed by atoms with Gasteiger partial charge in [-0.25, -0.2) is 4.98 Å². The largest absolute Gasteiger partial charge is 0.392 e. The zero-order valence-electron chi connectivity index (χ0n) is 12.5. The maximum atomic E-state index is 10.9. The van der Waals surface area contributed by atoms with Gasteiger partial charge < -0.3 is 14.4 Å². The third-order valence-corrected chi connectivity index (χ3v) is 6.09. The van der Waals surface area contributed by atoms with E-state index in [4.69, 9.17) is 4.74 Å². The van der Waals surface area contributed by atoms with E-state index in [1.807, 2.05) is 12.5 Å². The van der Waals surface area contributed by atoms with Crippen LogP contribution >= 0.6 is 0 Å². The summed E-state index contributed by atoms with van der Waals surface area (Å²) in [5, 5.41) is 10.9. The Labute approximate surface area is 129 Å². The molecule has 3 atom stereocenters. The number of aromatic nitrogens is 2. The Bertz CT molecular complexity index is 717. The fourth-order valence-corrected chi connectivity index (χ4v) is 4.87. The van der Waals surface area contributed by atoms with E-state index in [9.17, 15) is 5.11 Å². The number of hydrogen-bond acceptors (Lipinski definition) is 3. The quantitative estimate of drug-likeness (QED) is 0.880. The zero-order valence-corrected chi connectivity index (χ0v) is 12.5. The van der Waals surface area contributed by atoms with Crippen LogP contribution in [0.5, 0.6) is 0 Å². The molecule has 1 N–H and O–H groups in total. The molecule has 2 aromatic rings. The van der Waals surface area contributed by atoms with E-state index in [-0.39, 0.29) is 23.5 Å². The first kappa shape index (κ1) is 12.9. The minimum absolute atomic E-state index is 0.0984. The van der Waals surface area contributed by atoms with Crippen LogP contribution in [-0.2, 0) is 4.74 Å². The summed E-state index contributed by atoms with van der Waals surface area (Å²) in [6.45, 7) is 1.59. The number of hydrogen-bond donors (Lipinski definition) is 1. The van der Waals surface area contributed by atoms with E-state index in [1.165, 1.54) is 16.8 Å². The van der Waals surface area contributed by atoms with Crippen LogP contribution < -0.4 is 0 Å². The summed E-state index contributed by atoms with van der Waals surface area (Å²) < 4.78 is 7.74. The van der Waals surface area contributed by atoms with Crippen molar-refractivity contribution in [3.63, 3.8) is 0 Å². The monoisotopic (exact) mass is 296 g/mol. The summed E-state index contributed by atoms with van der Waals surface area (Å²) in [6, 6.07) is 8.78. The van der Waals surface area contributed by atoms with Gasteiger partial charge in [0, 0.05) is 30.1 Å². The highest BCUT2D eigenvalue weighted by Gasteiger charge is 2.57. The lowest BCUT2D eigenvalue weighted by atomic mass is 9.53. The fourth-order valence-electron chi connectivity index (χ4n) is 4.87. The average Bonchev–Trinajstić information content (AvgIpc) is 3.14. The second-order valence-electron chi connectivity index (χ2n) is 7.01. The van der Waals surface area contributed by atoms with Gasteiger partial charge in [-0.05, 0) is 24.8 Å². The van der Waals surface area contributed by atoms with Gasteiger partial charge in [-0.1, -0.05) is 24.3 Å². The van der Waals surface area contributed by atoms with E-state index in [0.717, 1.165) is 32.5 Å². The molecule has 22 heavy (non-hydrogen) atoms. The molecule has 1 spiro atoms. The topological polar surface area (TPSA) is 47.3 Å². The first-order chi connectivity index (χ1) is 10.8. The van der Waals surface area contributed by atoms with Crippen LogP contribution in [0.15, 0.2) is 36.8 Å². The summed E-state index contributed by atoms with van der Waals surface area (Å²) in [6.07, 6.45) is 6.71. The Hall–Kier alpha value is -1.65. The van der Waals surface area contributed by atoms with E-state index in [2.05, 4.69) is 33.8 Å². The Balaban J connectivity index is 1.52. The van der Waals surface area contributed by atoms with Crippen LogP contribution in [0.4, 0.5) is 0 Å². The van der Waals surface area contributed by atoms with Gasteiger partial charge in [0.25, 0.3) is 0 Å². The van der Waals surface area contributed by atoms with Crippen LogP contribution in [0.2, 0.25) is 0 Å². The highest BCUT2D eigenvalue weighted by molar-refractivity contribution is 5.69. The van der Waals surface area contributed by atoms with Gasteiger partial charge in [-0.3, -0.25) is 0 Å². The van der Waals surface area contributed by atoms with Crippen molar-refractivity contribution in [2.75, 3.05) is 13.2 Å². The summed E-state index contributed by atoms with van der Waals surface area (Å²) in [5.74, 6) is 0.287. The van der Waals surface area contributed by atoms with Crippen molar-refractivity contribution >= 4 is 0 Å². The molecule has 114 valence electrons. The minimum atomic E-state index is -0.234. The molecular formula is C18H20N2O2. The van der Waals surface area contributed by atoms with Gasteiger partial charge >= 0.3 is 0 Å². The van der Waals surface area contributed by atoms with Crippen LogP contribution in [0.1, 0.15) is 30.9 Å². The number of aliphatic hydroxyl groups is 1. The van der Waals surface area contributed by atoms with Crippen LogP contribution in [0.25, 0.3) is 11.3 Å². The fraction of sp³-hybridized carbons (Fsp3) is 0.500. The van der Waals surface area contributed by atoms with Crippen molar-refractivity contribution in [3.8, 4) is 11.3 Å². The Morgan fingerprint density at radius 3 is 2.86 bits per heavy atom. The number of benzene rings is 1. The van der Waals surface area contributed by atoms with E-state index in [0.29, 0.717) is 0 Å². The first-order valence-corrected chi connectivity index (χ1v) is 8.17. The molecule has 3 aliphatic rings. The van der Waals surface area contributed by atoms with E-state index >= 15 is 0 Å². The van der Waals surface area contributed by atoms with Crippen molar-refractivity contribution in [1.82, 2.24) is 9.55 Å². The Morgan fingerprint density at radius 2 is 2.05 bits per heavy atom. The molecular weight excluding hydrogens is 276 g/mol. The third kappa shape index (κ3) is 1.52. The standard InChI is InChI=1S/C18H20N2O2/c21-17-14(9-18(17)5-7-22-8-6-18)16-13-4-2-1-3-12(13)15-10-19-11-20(15)16/h1-4,10-11,14,16-17,21H,5-9H2/t14?,16-,17?/m1/s1. The molecule has 1 saturated carbocycles. The molecule has 1 aromatic carbocycles. The zero-order chi connectivity index (χ0) is 14.7. The van der Waals surface area contributed by atoms with Crippen molar-refractivity contribution < 1.29 is 9.84 Å². The SMILES string of the molecule is OC1C([C@H]2c3ccccc3-c3cncn32)CC12CCOCC2. The summed E-state index contributed by atoms with van der Waals surface area (Å²) in [5.41, 5.74) is 3.89. The lowest BCUT2D eigenvalue weighted by molar-refractivity contribution is -0.173. The molecule has 5 rings (SSSR count). The van der Waals surface area contributed by atoms with Crippen molar-refractivity contribution in [2.45, 2.75) is 31.4 Å². The Kier molecular flexibility index (Phi) is 2.59. The molecule has 3 heterocycles. The molecule has 0 amide bonds. The van der Waals surface area contributed by atoms with Gasteiger partial charge in [0.05, 0.1) is 30.4 Å². The lowest BCUT2D eigenvalue weighted by Crippen LogP contribution is -2.57. The summed E-state index contributed by atoms with van der Waals surface area (Å²) in [7, 11) is 0. The van der Waals surface area contributed by atoms with Gasteiger partial charge in [0.1, 0.15) is 0 Å². The first-order valence-electron chi connectivity index (χ1n) is 8.17. The highest BCUT2D eigenvalue weighted by atomic mass is 16.5. The number of imidazole rings is 1. The van der Waals surface area contributed by atoms with Gasteiger partial charge in [0.15, 0.2) is 0 Å². The second-order valence-corrected chi connectivity index (χ2v) is 7.01. The van der Waals surface area contributed by atoms with Gasteiger partial charge in [-0.15, -0.1) is 0 Å². The van der Waals surface area contributed by atoms with Crippen molar-refractivity contribution in [2.24, 2.45) is 11.3 Å². The molecule has 4 nitrogen and oxygen atoms in total. The van der Waals surface area contributed by atoms with Crippen molar-refractivity contribution in [1.29, 1.82) is 0 Å². The minimum Gasteiger partial charge on any atom is -0.392 e. The number of ether oxygens (including phenoxy) is 1. The van der Waals surface area contributed by atoms with Crippen molar-refractivity contribution in [3.05, 3.63) is 42.4 Å². The number of rotatable bonds is 1. The predicted octanol–water partition coefficient (Wildman–Crippen LogP) is 2.63. The smallest absolute Gasteiger partial charge is 0.0956 e. The van der Waals surface area contributed by atoms with Crippen LogP contribution in [-0.4, -0.2) is 34.0 Å². The molecule has 2 fully saturated rings. The van der Waals surface area contributed by atoms with E-state index in [1.54, 1.807) is 0 Å². The maximum Gasteiger partial charge on any atom is 0.0956 e. The summed E-state index contributed by atoms with van der Waals surface area (Å²) >= 11 is 0. The molecule has 2 unspecified atom stereocenters. The average molecular weight is 296 g/mol. The number of fused-ring (bicyclic) bond motifs is 3. The number of nitrogens with zero attached hydrogens (tertiary/aromatic N) is 2. The molecule has 2 aliphatic heterocycles. The maximum absolute atomic E-state index is 10.9. The Morgan fingerprint density at radius 1 is 1.23 bits per heavy atom. The molecule has 0 bridgehead atoms. The van der Waals surface area contributed by atoms with Crippen LogP contribution in [0.3, 0.4) is 0 Å². The second kappa shape index (κ2) is 4.43. The molecule has 0 radical (unpaired) electrons. The normalized spacial score (nSPS) is 31.6. The molecule has 4 heteroatoms. The third-order valence-electron chi connectivity index (χ3n) is 6.09.